The van der Waals surface area contributed by atoms with E-state index in [-0.39, 0.29) is 31.3 Å². The van der Waals surface area contributed by atoms with Crippen LogP contribution in [0.3, 0.4) is 0 Å². The molecule has 196 valence electrons. The molecule has 0 aliphatic carbocycles. The van der Waals surface area contributed by atoms with Gasteiger partial charge < -0.3 is 43.4 Å². The number of amides is 3. The summed E-state index contributed by atoms with van der Waals surface area (Å²) in [6.07, 6.45) is 1.14. The molecule has 14 heteroatoms. The number of aliphatic hydroxyl groups is 1. The number of thioether (sulfide) groups is 1. The lowest BCUT2D eigenvalue weighted by Gasteiger charge is -2.26. The van der Waals surface area contributed by atoms with Crippen LogP contribution in [0.1, 0.15) is 40.0 Å². The summed E-state index contributed by atoms with van der Waals surface area (Å²) < 4.78 is 0. The Morgan fingerprint density at radius 2 is 1.47 bits per heavy atom. The minimum atomic E-state index is -1.57. The van der Waals surface area contributed by atoms with Gasteiger partial charge in [-0.3, -0.25) is 19.4 Å². The molecule has 5 unspecified atom stereocenters. The van der Waals surface area contributed by atoms with Crippen molar-refractivity contribution in [3.63, 3.8) is 0 Å². The monoisotopic (exact) mass is 505 g/mol. The van der Waals surface area contributed by atoms with Gasteiger partial charge in [0.2, 0.25) is 17.7 Å². The number of carbonyl (C=O) groups excluding carboxylic acids is 3. The summed E-state index contributed by atoms with van der Waals surface area (Å²) in [5, 5.41) is 26.3. The number of nitrogens with one attached hydrogen (secondary N) is 3. The van der Waals surface area contributed by atoms with Crippen LogP contribution in [0.15, 0.2) is 4.99 Å². The lowest BCUT2D eigenvalue weighted by molar-refractivity contribution is -0.145. The van der Waals surface area contributed by atoms with Crippen LogP contribution in [-0.4, -0.2) is 88.7 Å². The van der Waals surface area contributed by atoms with Gasteiger partial charge in [0.05, 0.1) is 12.1 Å². The normalized spacial score (nSPS) is 15.4. The number of aliphatic imine (C=N–C) groups is 1. The predicted molar refractivity (Wildman–Crippen MR) is 131 cm³/mol. The fourth-order valence-corrected chi connectivity index (χ4v) is 3.23. The summed E-state index contributed by atoms with van der Waals surface area (Å²) in [6, 6.07) is -4.49. The first-order valence-electron chi connectivity index (χ1n) is 10.9. The molecular weight excluding hydrogens is 466 g/mol. The van der Waals surface area contributed by atoms with Crippen LogP contribution in [0.4, 0.5) is 0 Å². The summed E-state index contributed by atoms with van der Waals surface area (Å²) in [5.74, 6) is -3.07. The number of aliphatic carboxylic acids is 1. The standard InChI is InChI=1S/C20H39N7O6S/c1-10(2)14(21)18(31)26-13(7-9-34-4)16(29)25-12(6-5-8-24-20(22)23)17(30)27-15(11(3)28)19(32)33/h10-15,28H,5-9,21H2,1-4H3,(H,25,29)(H,26,31)(H,27,30)(H,32,33)(H4,22,23,24). The first kappa shape index (κ1) is 31.4. The first-order valence-corrected chi connectivity index (χ1v) is 12.3. The zero-order valence-electron chi connectivity index (χ0n) is 20.1. The van der Waals surface area contributed by atoms with Crippen LogP contribution in [0.25, 0.3) is 0 Å². The average molecular weight is 506 g/mol. The van der Waals surface area contributed by atoms with Crippen LogP contribution < -0.4 is 33.2 Å². The van der Waals surface area contributed by atoms with E-state index in [4.69, 9.17) is 17.2 Å². The highest BCUT2D eigenvalue weighted by atomic mass is 32.2. The van der Waals surface area contributed by atoms with E-state index in [1.54, 1.807) is 13.8 Å². The zero-order chi connectivity index (χ0) is 26.4. The third kappa shape index (κ3) is 12.0. The Hall–Kier alpha value is -2.58. The van der Waals surface area contributed by atoms with Gasteiger partial charge in [0.15, 0.2) is 12.0 Å². The van der Waals surface area contributed by atoms with Crippen molar-refractivity contribution in [3.8, 4) is 0 Å². The number of carboxylic acids is 1. The van der Waals surface area contributed by atoms with Gasteiger partial charge in [0.1, 0.15) is 12.1 Å². The molecule has 13 nitrogen and oxygen atoms in total. The van der Waals surface area contributed by atoms with Crippen LogP contribution >= 0.6 is 11.8 Å². The molecule has 11 N–H and O–H groups in total. The second kappa shape index (κ2) is 16.1. The van der Waals surface area contributed by atoms with E-state index >= 15 is 0 Å². The van der Waals surface area contributed by atoms with Gasteiger partial charge in [0, 0.05) is 6.54 Å². The highest BCUT2D eigenvalue weighted by Gasteiger charge is 2.31. The Labute approximate surface area is 204 Å². The molecule has 0 aliphatic heterocycles. The second-order valence-corrected chi connectivity index (χ2v) is 9.17. The largest absolute Gasteiger partial charge is 0.480 e. The van der Waals surface area contributed by atoms with Gasteiger partial charge >= 0.3 is 5.97 Å². The highest BCUT2D eigenvalue weighted by molar-refractivity contribution is 7.98. The summed E-state index contributed by atoms with van der Waals surface area (Å²) in [5.41, 5.74) is 16.5. The van der Waals surface area contributed by atoms with Crippen LogP contribution in [-0.2, 0) is 19.2 Å². The Kier molecular flexibility index (Phi) is 14.9. The predicted octanol–water partition coefficient (Wildman–Crippen LogP) is -2.30. The maximum Gasteiger partial charge on any atom is 0.328 e. The van der Waals surface area contributed by atoms with Gasteiger partial charge in [-0.2, -0.15) is 11.8 Å². The first-order chi connectivity index (χ1) is 15.8. The van der Waals surface area contributed by atoms with Crippen LogP contribution in [0.5, 0.6) is 0 Å². The highest BCUT2D eigenvalue weighted by Crippen LogP contribution is 2.07. The molecule has 0 bridgehead atoms. The molecular formula is C20H39N7O6S. The van der Waals surface area contributed by atoms with Gasteiger partial charge in [-0.1, -0.05) is 13.8 Å². The Bertz CT molecular complexity index is 716. The minimum Gasteiger partial charge on any atom is -0.480 e. The number of hydrogen-bond donors (Lipinski definition) is 8. The summed E-state index contributed by atoms with van der Waals surface area (Å²) in [6.45, 7) is 4.95. The Balaban J connectivity index is 5.58. The molecule has 0 fully saturated rings. The molecule has 0 aromatic rings. The maximum absolute atomic E-state index is 13.0. The third-order valence-electron chi connectivity index (χ3n) is 4.89. The van der Waals surface area contributed by atoms with Gasteiger partial charge in [-0.15, -0.1) is 0 Å². The smallest absolute Gasteiger partial charge is 0.328 e. The molecule has 5 atom stereocenters. The molecule has 34 heavy (non-hydrogen) atoms. The van der Waals surface area contributed by atoms with Gasteiger partial charge in [0.25, 0.3) is 0 Å². The van der Waals surface area contributed by atoms with Crippen molar-refractivity contribution in [2.75, 3.05) is 18.6 Å². The molecule has 0 aromatic carbocycles. The molecule has 0 heterocycles. The SMILES string of the molecule is CSCCC(NC(=O)C(N)C(C)C)C(=O)NC(CCCN=C(N)N)C(=O)NC(C(=O)O)C(C)O. The number of nitrogens with zero attached hydrogens (tertiary/aromatic N) is 1. The molecule has 0 radical (unpaired) electrons. The van der Waals surface area contributed by atoms with Gasteiger partial charge in [-0.25, -0.2) is 4.79 Å². The molecule has 0 spiro atoms. The van der Waals surface area contributed by atoms with E-state index in [2.05, 4.69) is 20.9 Å². The van der Waals surface area contributed by atoms with Crippen molar-refractivity contribution in [2.24, 2.45) is 28.1 Å². The fraction of sp³-hybridized carbons (Fsp3) is 0.750. The van der Waals surface area contributed by atoms with Crippen molar-refractivity contribution in [1.29, 1.82) is 0 Å². The van der Waals surface area contributed by atoms with E-state index in [0.717, 1.165) is 0 Å². The van der Waals surface area contributed by atoms with E-state index in [0.29, 0.717) is 12.2 Å². The molecule has 0 saturated heterocycles. The van der Waals surface area contributed by atoms with E-state index in [1.165, 1.54) is 18.7 Å². The lowest BCUT2D eigenvalue weighted by atomic mass is 10.0. The second-order valence-electron chi connectivity index (χ2n) is 8.19. The maximum atomic E-state index is 13.0. The topological polar surface area (TPSA) is 235 Å². The zero-order valence-corrected chi connectivity index (χ0v) is 20.9. The number of carboxylic acid groups (broad SMARTS) is 1. The Morgan fingerprint density at radius 3 is 1.94 bits per heavy atom. The quantitative estimate of drug-likeness (QED) is 0.0634. The van der Waals surface area contributed by atoms with E-state index in [1.807, 2.05) is 6.26 Å². The van der Waals surface area contributed by atoms with E-state index in [9.17, 15) is 29.4 Å². The molecule has 0 aromatic heterocycles. The fourth-order valence-electron chi connectivity index (χ4n) is 2.76. The number of aliphatic hydroxyl groups excluding tert-OH is 1. The van der Waals surface area contributed by atoms with Crippen LogP contribution in [0.2, 0.25) is 0 Å². The number of hydrogen-bond acceptors (Lipinski definition) is 8. The Morgan fingerprint density at radius 1 is 0.941 bits per heavy atom. The van der Waals surface area contributed by atoms with Crippen LogP contribution in [0, 0.1) is 5.92 Å². The summed E-state index contributed by atoms with van der Waals surface area (Å²) in [4.78, 5) is 53.4. The summed E-state index contributed by atoms with van der Waals surface area (Å²) in [7, 11) is 0. The third-order valence-corrected chi connectivity index (χ3v) is 5.53. The number of carbonyl (C=O) groups is 4. The molecule has 0 aliphatic rings. The lowest BCUT2D eigenvalue weighted by Crippen LogP contribution is -2.58. The summed E-state index contributed by atoms with van der Waals surface area (Å²) >= 11 is 1.48. The van der Waals surface area contributed by atoms with Crippen molar-refractivity contribution in [2.45, 2.75) is 70.3 Å². The van der Waals surface area contributed by atoms with Crippen molar-refractivity contribution < 1.29 is 29.4 Å². The average Bonchev–Trinajstić information content (AvgIpc) is 2.74. The van der Waals surface area contributed by atoms with Gasteiger partial charge in [-0.05, 0) is 44.1 Å². The number of rotatable bonds is 16. The number of nitrogens with two attached hydrogens (primary N) is 3. The minimum absolute atomic E-state index is 0.0786. The molecule has 0 rings (SSSR count). The van der Waals surface area contributed by atoms with Crippen molar-refractivity contribution >= 4 is 41.4 Å². The van der Waals surface area contributed by atoms with E-state index < -0.39 is 54.0 Å². The van der Waals surface area contributed by atoms with Crippen molar-refractivity contribution in [3.05, 3.63) is 0 Å². The molecule has 0 saturated carbocycles. The number of guanidine groups is 1. The molecule has 3 amide bonds. The van der Waals surface area contributed by atoms with Crippen molar-refractivity contribution in [1.82, 2.24) is 16.0 Å².